The van der Waals surface area contributed by atoms with E-state index in [1.165, 1.54) is 18.2 Å². The van der Waals surface area contributed by atoms with E-state index in [0.29, 0.717) is 5.69 Å². The molecule has 0 aliphatic heterocycles. The fourth-order valence-corrected chi connectivity index (χ4v) is 1.72. The van der Waals surface area contributed by atoms with Crippen molar-refractivity contribution in [2.24, 2.45) is 0 Å². The molecule has 0 amide bonds. The number of carboxylic acid groups (broad SMARTS) is 1. The molecule has 0 radical (unpaired) electrons. The average Bonchev–Trinajstić information content (AvgIpc) is 2.71. The maximum absolute atomic E-state index is 11.1. The monoisotopic (exact) mass is 247 g/mol. The molecule has 7 heteroatoms. The minimum Gasteiger partial charge on any atom is -0.478 e. The number of nitro groups is 1. The zero-order valence-electron chi connectivity index (χ0n) is 9.38. The Morgan fingerprint density at radius 1 is 1.44 bits per heavy atom. The van der Waals surface area contributed by atoms with E-state index in [1.807, 2.05) is 0 Å². The maximum Gasteiger partial charge on any atom is 0.339 e. The molecule has 0 fully saturated rings. The molecule has 0 saturated carbocycles. The SMILES string of the molecule is Cc1[nH]nc(-c2ccccc2[N+](=O)[O-])c1C(=O)O. The summed E-state index contributed by atoms with van der Waals surface area (Å²) in [5.41, 5.74) is 0.392. The highest BCUT2D eigenvalue weighted by Crippen LogP contribution is 2.31. The molecule has 7 nitrogen and oxygen atoms in total. The van der Waals surface area contributed by atoms with Crippen LogP contribution in [0.1, 0.15) is 16.1 Å². The van der Waals surface area contributed by atoms with Crippen molar-refractivity contribution in [3.05, 3.63) is 45.6 Å². The first-order chi connectivity index (χ1) is 8.52. The molecule has 2 aromatic rings. The number of carboxylic acids is 1. The smallest absolute Gasteiger partial charge is 0.339 e. The topological polar surface area (TPSA) is 109 Å². The van der Waals surface area contributed by atoms with Crippen LogP contribution in [-0.4, -0.2) is 26.2 Å². The van der Waals surface area contributed by atoms with E-state index in [2.05, 4.69) is 10.2 Å². The number of hydrogen-bond donors (Lipinski definition) is 2. The molecule has 0 aliphatic carbocycles. The van der Waals surface area contributed by atoms with Crippen LogP contribution in [0, 0.1) is 17.0 Å². The largest absolute Gasteiger partial charge is 0.478 e. The molecule has 2 rings (SSSR count). The molecular weight excluding hydrogens is 238 g/mol. The molecule has 0 unspecified atom stereocenters. The summed E-state index contributed by atoms with van der Waals surface area (Å²) in [7, 11) is 0. The van der Waals surface area contributed by atoms with Gasteiger partial charge in [-0.25, -0.2) is 4.79 Å². The lowest BCUT2D eigenvalue weighted by Gasteiger charge is -2.01. The maximum atomic E-state index is 11.1. The summed E-state index contributed by atoms with van der Waals surface area (Å²) < 4.78 is 0. The van der Waals surface area contributed by atoms with Gasteiger partial charge in [0.15, 0.2) is 0 Å². The number of aromatic carboxylic acids is 1. The molecule has 1 aromatic carbocycles. The number of carbonyl (C=O) groups is 1. The number of aryl methyl sites for hydroxylation is 1. The van der Waals surface area contributed by atoms with Crippen LogP contribution in [0.15, 0.2) is 24.3 Å². The third-order valence-electron chi connectivity index (χ3n) is 2.52. The third kappa shape index (κ3) is 1.81. The molecule has 92 valence electrons. The average molecular weight is 247 g/mol. The highest BCUT2D eigenvalue weighted by molar-refractivity contribution is 5.97. The van der Waals surface area contributed by atoms with Gasteiger partial charge in [-0.15, -0.1) is 0 Å². The number of nitrogens with zero attached hydrogens (tertiary/aromatic N) is 2. The molecule has 1 heterocycles. The quantitative estimate of drug-likeness (QED) is 0.636. The lowest BCUT2D eigenvalue weighted by Crippen LogP contribution is -2.01. The lowest BCUT2D eigenvalue weighted by molar-refractivity contribution is -0.384. The van der Waals surface area contributed by atoms with Crippen LogP contribution >= 0.6 is 0 Å². The number of nitrogens with one attached hydrogen (secondary N) is 1. The van der Waals surface area contributed by atoms with Crippen molar-refractivity contribution in [2.45, 2.75) is 6.92 Å². The van der Waals surface area contributed by atoms with E-state index in [9.17, 15) is 14.9 Å². The van der Waals surface area contributed by atoms with E-state index in [1.54, 1.807) is 13.0 Å². The van der Waals surface area contributed by atoms with Gasteiger partial charge in [-0.2, -0.15) is 5.10 Å². The molecule has 0 bridgehead atoms. The second-order valence-corrected chi connectivity index (χ2v) is 3.65. The van der Waals surface area contributed by atoms with Crippen molar-refractivity contribution in [2.75, 3.05) is 0 Å². The number of nitro benzene ring substituents is 1. The number of para-hydroxylation sites is 1. The summed E-state index contributed by atoms with van der Waals surface area (Å²) in [6, 6.07) is 5.89. The Bertz CT molecular complexity index is 633. The number of H-pyrrole nitrogens is 1. The Kier molecular flexibility index (Phi) is 2.80. The van der Waals surface area contributed by atoms with Crippen molar-refractivity contribution in [1.82, 2.24) is 10.2 Å². The van der Waals surface area contributed by atoms with Gasteiger partial charge in [0.25, 0.3) is 5.69 Å². The van der Waals surface area contributed by atoms with Crippen LogP contribution in [-0.2, 0) is 0 Å². The van der Waals surface area contributed by atoms with E-state index in [4.69, 9.17) is 5.11 Å². The fraction of sp³-hybridized carbons (Fsp3) is 0.0909. The van der Waals surface area contributed by atoms with Crippen molar-refractivity contribution in [1.29, 1.82) is 0 Å². The van der Waals surface area contributed by atoms with Gasteiger partial charge in [0.05, 0.1) is 10.5 Å². The Hall–Kier alpha value is -2.70. The molecule has 18 heavy (non-hydrogen) atoms. The van der Waals surface area contributed by atoms with Crippen LogP contribution < -0.4 is 0 Å². The van der Waals surface area contributed by atoms with Gasteiger partial charge < -0.3 is 5.11 Å². The molecular formula is C11H9N3O4. The predicted molar refractivity (Wildman–Crippen MR) is 62.4 cm³/mol. The van der Waals surface area contributed by atoms with E-state index < -0.39 is 10.9 Å². The third-order valence-corrected chi connectivity index (χ3v) is 2.52. The number of aromatic amines is 1. The summed E-state index contributed by atoms with van der Waals surface area (Å²) >= 11 is 0. The van der Waals surface area contributed by atoms with E-state index >= 15 is 0 Å². The number of benzene rings is 1. The van der Waals surface area contributed by atoms with Crippen molar-refractivity contribution >= 4 is 11.7 Å². The first-order valence-corrected chi connectivity index (χ1v) is 5.04. The van der Waals surface area contributed by atoms with Gasteiger partial charge in [-0.3, -0.25) is 15.2 Å². The number of hydrogen-bond acceptors (Lipinski definition) is 4. The zero-order chi connectivity index (χ0) is 13.3. The highest BCUT2D eigenvalue weighted by atomic mass is 16.6. The Morgan fingerprint density at radius 3 is 2.72 bits per heavy atom. The van der Waals surface area contributed by atoms with E-state index in [-0.39, 0.29) is 22.5 Å². The van der Waals surface area contributed by atoms with Gasteiger partial charge in [-0.05, 0) is 13.0 Å². The summed E-state index contributed by atoms with van der Waals surface area (Å²) in [5.74, 6) is -1.17. The summed E-state index contributed by atoms with van der Waals surface area (Å²) in [6.07, 6.45) is 0. The Morgan fingerprint density at radius 2 is 2.11 bits per heavy atom. The summed E-state index contributed by atoms with van der Waals surface area (Å²) in [4.78, 5) is 21.5. The van der Waals surface area contributed by atoms with Crippen LogP contribution in [0.3, 0.4) is 0 Å². The van der Waals surface area contributed by atoms with Gasteiger partial charge in [-0.1, -0.05) is 12.1 Å². The van der Waals surface area contributed by atoms with Crippen LogP contribution in [0.25, 0.3) is 11.3 Å². The second kappa shape index (κ2) is 4.28. The second-order valence-electron chi connectivity index (χ2n) is 3.65. The first kappa shape index (κ1) is 11.8. The van der Waals surface area contributed by atoms with Crippen LogP contribution in [0.2, 0.25) is 0 Å². The van der Waals surface area contributed by atoms with Gasteiger partial charge >= 0.3 is 5.97 Å². The molecule has 2 N–H and O–H groups in total. The molecule has 1 aromatic heterocycles. The minimum atomic E-state index is -1.17. The van der Waals surface area contributed by atoms with Gasteiger partial charge in [0.2, 0.25) is 0 Å². The zero-order valence-corrected chi connectivity index (χ0v) is 9.38. The minimum absolute atomic E-state index is 0.0516. The van der Waals surface area contributed by atoms with Crippen LogP contribution in [0.5, 0.6) is 0 Å². The van der Waals surface area contributed by atoms with Crippen molar-refractivity contribution < 1.29 is 14.8 Å². The predicted octanol–water partition coefficient (Wildman–Crippen LogP) is 1.99. The lowest BCUT2D eigenvalue weighted by atomic mass is 10.0. The first-order valence-electron chi connectivity index (χ1n) is 5.04. The van der Waals surface area contributed by atoms with Gasteiger partial charge in [0.1, 0.15) is 11.3 Å². The molecule has 0 aliphatic rings. The summed E-state index contributed by atoms with van der Waals surface area (Å²) in [6.45, 7) is 1.55. The van der Waals surface area contributed by atoms with Gasteiger partial charge in [0, 0.05) is 11.8 Å². The number of rotatable bonds is 3. The van der Waals surface area contributed by atoms with Crippen molar-refractivity contribution in [3.63, 3.8) is 0 Å². The number of aromatic nitrogens is 2. The normalized spacial score (nSPS) is 10.3. The standard InChI is InChI=1S/C11H9N3O4/c1-6-9(11(15)16)10(13-12-6)7-4-2-3-5-8(7)14(17)18/h2-5H,1H3,(H,12,13)(H,15,16). The Balaban J connectivity index is 2.70. The van der Waals surface area contributed by atoms with Crippen LogP contribution in [0.4, 0.5) is 5.69 Å². The molecule has 0 saturated heterocycles. The van der Waals surface area contributed by atoms with Crippen molar-refractivity contribution in [3.8, 4) is 11.3 Å². The highest BCUT2D eigenvalue weighted by Gasteiger charge is 2.24. The summed E-state index contributed by atoms with van der Waals surface area (Å²) in [5, 5.41) is 26.4. The molecule has 0 atom stereocenters. The molecule has 0 spiro atoms. The van der Waals surface area contributed by atoms with E-state index in [0.717, 1.165) is 0 Å². The Labute approximate surface area is 101 Å². The fourth-order valence-electron chi connectivity index (χ4n) is 1.72.